The molecule has 3 aliphatic rings. The smallest absolute Gasteiger partial charge is 0.253 e. The molecule has 2 aliphatic heterocycles. The second kappa shape index (κ2) is 18.3. The van der Waals surface area contributed by atoms with Crippen LogP contribution in [-0.2, 0) is 4.79 Å². The van der Waals surface area contributed by atoms with E-state index < -0.39 is 15.3 Å². The van der Waals surface area contributed by atoms with Crippen LogP contribution in [0.3, 0.4) is 0 Å². The van der Waals surface area contributed by atoms with Crippen LogP contribution in [0.2, 0.25) is 13.1 Å². The number of ketones is 1. The number of unbranched alkanes of at least 4 members (excludes halogenated alkanes) is 1. The molecule has 1 amide bonds. The van der Waals surface area contributed by atoms with Crippen molar-refractivity contribution in [3.05, 3.63) is 197 Å². The van der Waals surface area contributed by atoms with Gasteiger partial charge in [-0.2, -0.15) is 0 Å². The van der Waals surface area contributed by atoms with Gasteiger partial charge in [0.1, 0.15) is 37.0 Å². The molecule has 6 aromatic rings. The highest BCUT2D eigenvalue weighted by Gasteiger charge is 2.47. The van der Waals surface area contributed by atoms with Gasteiger partial charge in [-0.3, -0.25) is 14.5 Å². The summed E-state index contributed by atoms with van der Waals surface area (Å²) in [4.78, 5) is 33.8. The number of phenols is 1. The number of anilines is 2. The molecule has 0 saturated carbocycles. The third kappa shape index (κ3) is 8.33. The molecular weight excluding hydrogens is 822 g/mol. The number of piperazine rings is 1. The third-order valence-corrected chi connectivity index (χ3v) is 22.4. The van der Waals surface area contributed by atoms with Gasteiger partial charge < -0.3 is 14.9 Å². The Hall–Kier alpha value is -5.85. The van der Waals surface area contributed by atoms with Gasteiger partial charge in [-0.1, -0.05) is 91.1 Å². The Morgan fingerprint density at radius 1 is 0.719 bits per heavy atom. The van der Waals surface area contributed by atoms with Crippen LogP contribution in [0, 0.1) is 12.8 Å². The highest BCUT2D eigenvalue weighted by atomic mass is 31.2. The van der Waals surface area contributed by atoms with Crippen molar-refractivity contribution in [2.45, 2.75) is 38.8 Å². The van der Waals surface area contributed by atoms with E-state index in [1.807, 2.05) is 29.2 Å². The predicted octanol–water partition coefficient (Wildman–Crippen LogP) is 9.28. The lowest BCUT2D eigenvalue weighted by Gasteiger charge is -2.45. The number of hydrogen-bond donors (Lipinski definition) is 1. The molecule has 9 rings (SSSR count). The second-order valence-electron chi connectivity index (χ2n) is 18.3. The van der Waals surface area contributed by atoms with Gasteiger partial charge >= 0.3 is 0 Å². The van der Waals surface area contributed by atoms with Gasteiger partial charge in [0.05, 0.1) is 6.16 Å². The van der Waals surface area contributed by atoms with E-state index in [0.29, 0.717) is 0 Å². The number of aromatic hydroxyl groups is 1. The number of carbonyl (C=O) groups is 2. The number of rotatable bonds is 12. The van der Waals surface area contributed by atoms with Crippen molar-refractivity contribution in [2.75, 3.05) is 50.8 Å². The number of carbonyl (C=O) groups excluding carboxylic acids is 2. The second-order valence-corrected chi connectivity index (χ2v) is 26.3. The summed E-state index contributed by atoms with van der Waals surface area (Å²) < 4.78 is 0. The third-order valence-electron chi connectivity index (χ3n) is 14.2. The molecule has 2 unspecified atom stereocenters. The molecule has 1 N–H and O–H groups in total. The summed E-state index contributed by atoms with van der Waals surface area (Å²) in [5.74, 6) is 0.494. The molecule has 1 saturated heterocycles. The van der Waals surface area contributed by atoms with Crippen molar-refractivity contribution in [3.8, 4) is 5.75 Å². The Morgan fingerprint density at radius 2 is 1.30 bits per heavy atom. The number of hydrogen-bond acceptors (Lipinski definition) is 5. The van der Waals surface area contributed by atoms with Crippen molar-refractivity contribution in [1.29, 1.82) is 0 Å². The molecule has 1 aliphatic carbocycles. The largest absolute Gasteiger partial charge is 0.508 e. The SMILES string of the molecule is Cc1cc(C(=O)N2CCN(CCCC[P+](c3ccccc3)(c3ccccc3)c3ccccc3)CC2)ccc1C1c2ccc(N(C)c3ccc(O)cc3)cc2[Si](C)(C)C2=CC(=O)C=CC21. The molecule has 324 valence electrons. The van der Waals surface area contributed by atoms with Gasteiger partial charge in [-0.05, 0) is 145 Å². The number of phenolic OH excluding ortho intramolecular Hbond substituents is 1. The lowest BCUT2D eigenvalue weighted by atomic mass is 9.76. The molecule has 64 heavy (non-hydrogen) atoms. The van der Waals surface area contributed by atoms with Crippen molar-refractivity contribution in [3.63, 3.8) is 0 Å². The van der Waals surface area contributed by atoms with Gasteiger partial charge in [-0.25, -0.2) is 0 Å². The van der Waals surface area contributed by atoms with E-state index >= 15 is 0 Å². The minimum Gasteiger partial charge on any atom is -0.508 e. The molecule has 0 bridgehead atoms. The quantitative estimate of drug-likeness (QED) is 0.0755. The fourth-order valence-electron chi connectivity index (χ4n) is 10.7. The number of allylic oxidation sites excluding steroid dienone is 4. The normalized spacial score (nSPS) is 18.2. The Balaban J connectivity index is 0.885. The number of amides is 1. The predicted molar refractivity (Wildman–Crippen MR) is 270 cm³/mol. The molecule has 0 spiro atoms. The maximum atomic E-state index is 14.1. The number of fused-ring (bicyclic) bond motifs is 2. The molecular formula is C56H59N3O3PSi+. The maximum absolute atomic E-state index is 14.1. The molecule has 6 nitrogen and oxygen atoms in total. The summed E-state index contributed by atoms with van der Waals surface area (Å²) in [6.07, 6.45) is 9.14. The molecule has 8 heteroatoms. The fraction of sp³-hybridized carbons (Fsp3) is 0.250. The summed E-state index contributed by atoms with van der Waals surface area (Å²) in [5.41, 5.74) is 6.37. The fourth-order valence-corrected chi connectivity index (χ4v) is 18.5. The first-order chi connectivity index (χ1) is 31.0. The first-order valence-corrected chi connectivity index (χ1v) is 27.8. The van der Waals surface area contributed by atoms with Crippen LogP contribution in [0.5, 0.6) is 5.75 Å². The van der Waals surface area contributed by atoms with E-state index in [4.69, 9.17) is 0 Å². The van der Waals surface area contributed by atoms with E-state index in [0.717, 1.165) is 74.2 Å². The van der Waals surface area contributed by atoms with Crippen molar-refractivity contribution in [2.24, 2.45) is 5.92 Å². The van der Waals surface area contributed by atoms with Crippen LogP contribution in [0.4, 0.5) is 11.4 Å². The summed E-state index contributed by atoms with van der Waals surface area (Å²) in [7, 11) is -2.05. The Morgan fingerprint density at radius 3 is 1.89 bits per heavy atom. The molecule has 6 aromatic carbocycles. The molecule has 0 radical (unpaired) electrons. The van der Waals surface area contributed by atoms with E-state index in [2.05, 4.69) is 164 Å². The number of nitrogens with zero attached hydrogens (tertiary/aromatic N) is 3. The van der Waals surface area contributed by atoms with Gasteiger partial charge in [0, 0.05) is 62.0 Å². The summed E-state index contributed by atoms with van der Waals surface area (Å²) in [6.45, 7) is 11.1. The monoisotopic (exact) mass is 880 g/mol. The lowest BCUT2D eigenvalue weighted by Crippen LogP contribution is -2.54. The standard InChI is InChI=1S/C56H58N3O3PSi/c1-41-38-42(22-29-50(41)55-51-30-25-44(57(2)43-23-26-45(60)27-24-43)39-53(51)64(3,4)54-40-46(61)28-31-52(54)55)56(62)59-35-33-58(34-36-59)32-14-15-37-63(47-16-8-5-9-17-47,48-18-10-6-11-19-48)49-20-12-7-13-21-49/h5-13,16-31,38-40,52,55H,14-15,32-37H2,1-4H3/p+1. The average molecular weight is 881 g/mol. The van der Waals surface area contributed by atoms with Gasteiger partial charge in [0.15, 0.2) is 5.78 Å². The van der Waals surface area contributed by atoms with Crippen LogP contribution in [0.25, 0.3) is 0 Å². The van der Waals surface area contributed by atoms with Crippen LogP contribution in [0.1, 0.15) is 45.8 Å². The zero-order valence-corrected chi connectivity index (χ0v) is 39.4. The topological polar surface area (TPSA) is 64.1 Å². The first-order valence-electron chi connectivity index (χ1n) is 22.8. The highest BCUT2D eigenvalue weighted by molar-refractivity contribution is 7.95. The van der Waals surface area contributed by atoms with E-state index in [-0.39, 0.29) is 29.3 Å². The minimum absolute atomic E-state index is 0.0206. The number of aryl methyl sites for hydroxylation is 1. The Bertz CT molecular complexity index is 2600. The molecule has 1 fully saturated rings. The molecule has 0 aromatic heterocycles. The van der Waals surface area contributed by atoms with Crippen LogP contribution >= 0.6 is 7.26 Å². The first kappa shape index (κ1) is 43.4. The summed E-state index contributed by atoms with van der Waals surface area (Å²) >= 11 is 0. The van der Waals surface area contributed by atoms with E-state index in [1.54, 1.807) is 18.2 Å². The van der Waals surface area contributed by atoms with E-state index in [9.17, 15) is 14.7 Å². The van der Waals surface area contributed by atoms with Crippen molar-refractivity contribution in [1.82, 2.24) is 9.80 Å². The minimum atomic E-state index is -2.25. The lowest BCUT2D eigenvalue weighted by molar-refractivity contribution is -0.110. The average Bonchev–Trinajstić information content (AvgIpc) is 3.33. The molecule has 2 heterocycles. The maximum Gasteiger partial charge on any atom is 0.253 e. The molecule has 2 atom stereocenters. The van der Waals surface area contributed by atoms with E-state index in [1.165, 1.54) is 37.4 Å². The van der Waals surface area contributed by atoms with Crippen molar-refractivity contribution >= 4 is 59.5 Å². The zero-order valence-electron chi connectivity index (χ0n) is 37.5. The van der Waals surface area contributed by atoms with Crippen LogP contribution in [0.15, 0.2) is 175 Å². The van der Waals surface area contributed by atoms with Crippen LogP contribution < -0.4 is 26.0 Å². The van der Waals surface area contributed by atoms with Gasteiger partial charge in [0.2, 0.25) is 0 Å². The van der Waals surface area contributed by atoms with Crippen LogP contribution in [-0.4, -0.2) is 80.6 Å². The highest BCUT2D eigenvalue weighted by Crippen LogP contribution is 2.56. The number of benzene rings is 6. The summed E-state index contributed by atoms with van der Waals surface area (Å²) in [5, 5.41) is 16.8. The zero-order chi connectivity index (χ0) is 44.4. The van der Waals surface area contributed by atoms with Crippen molar-refractivity contribution < 1.29 is 14.7 Å². The van der Waals surface area contributed by atoms with Gasteiger partial charge in [-0.15, -0.1) is 0 Å². The Kier molecular flexibility index (Phi) is 12.4. The van der Waals surface area contributed by atoms with Gasteiger partial charge in [0.25, 0.3) is 5.91 Å². The Labute approximate surface area is 380 Å². The summed E-state index contributed by atoms with van der Waals surface area (Å²) in [6, 6.07) is 53.8.